The maximum Gasteiger partial charge on any atom is 0.273 e. The van der Waals surface area contributed by atoms with Gasteiger partial charge in [-0.25, -0.2) is 0 Å². The summed E-state index contributed by atoms with van der Waals surface area (Å²) in [7, 11) is 0. The number of nitrogens with one attached hydrogen (secondary N) is 2. The average Bonchev–Trinajstić information content (AvgIpc) is 2.77. The van der Waals surface area contributed by atoms with Crippen molar-refractivity contribution in [1.82, 2.24) is 10.9 Å². The minimum Gasteiger partial charge on any atom is -0.494 e. The normalized spacial score (nSPS) is 12.2. The quantitative estimate of drug-likeness (QED) is 0.525. The van der Waals surface area contributed by atoms with Gasteiger partial charge >= 0.3 is 0 Å². The summed E-state index contributed by atoms with van der Waals surface area (Å²) in [6.45, 7) is 3.64. The molecule has 0 bridgehead atoms. The highest BCUT2D eigenvalue weighted by atomic mass is 16.6. The van der Waals surface area contributed by atoms with Gasteiger partial charge in [-0.05, 0) is 42.8 Å². The predicted molar refractivity (Wildman–Crippen MR) is 108 cm³/mol. The smallest absolute Gasteiger partial charge is 0.273 e. The predicted octanol–water partition coefficient (Wildman–Crippen LogP) is 3.49. The fraction of sp³-hybridized carbons (Fsp3) is 0.364. The molecule has 2 N–H and O–H groups in total. The Bertz CT molecular complexity index is 836. The van der Waals surface area contributed by atoms with Crippen LogP contribution >= 0.6 is 0 Å². The number of hydrazine groups is 1. The molecule has 0 atom stereocenters. The zero-order valence-electron chi connectivity index (χ0n) is 16.5. The van der Waals surface area contributed by atoms with Crippen molar-refractivity contribution in [2.24, 2.45) is 0 Å². The van der Waals surface area contributed by atoms with Crippen LogP contribution in [0.25, 0.3) is 0 Å². The highest BCUT2D eigenvalue weighted by molar-refractivity contribution is 6.01. The molecule has 0 saturated heterocycles. The van der Waals surface area contributed by atoms with Crippen molar-refractivity contribution in [2.75, 3.05) is 19.8 Å². The molecule has 7 nitrogen and oxygen atoms in total. The first-order chi connectivity index (χ1) is 14.2. The SMILES string of the molecule is CCCCCCOc1ccc(C(=O)NNC(=O)c2cccc3c2OCCO3)cc1. The van der Waals surface area contributed by atoms with E-state index in [1.54, 1.807) is 42.5 Å². The molecule has 7 heteroatoms. The Morgan fingerprint density at radius 3 is 2.48 bits per heavy atom. The summed E-state index contributed by atoms with van der Waals surface area (Å²) >= 11 is 0. The van der Waals surface area contributed by atoms with E-state index in [0.717, 1.165) is 18.6 Å². The number of rotatable bonds is 8. The number of amides is 2. The van der Waals surface area contributed by atoms with Crippen molar-refractivity contribution >= 4 is 11.8 Å². The van der Waals surface area contributed by atoms with Crippen LogP contribution in [0.3, 0.4) is 0 Å². The molecule has 0 unspecified atom stereocenters. The van der Waals surface area contributed by atoms with Gasteiger partial charge in [0.2, 0.25) is 0 Å². The molecule has 0 aromatic heterocycles. The molecule has 0 radical (unpaired) electrons. The highest BCUT2D eigenvalue weighted by Crippen LogP contribution is 2.33. The third-order valence-electron chi connectivity index (χ3n) is 4.48. The number of hydrogen-bond acceptors (Lipinski definition) is 5. The molecular weight excluding hydrogens is 372 g/mol. The molecule has 1 heterocycles. The monoisotopic (exact) mass is 398 g/mol. The minimum atomic E-state index is -0.479. The topological polar surface area (TPSA) is 85.9 Å². The molecular formula is C22H26N2O5. The number of carbonyl (C=O) groups excluding carboxylic acids is 2. The van der Waals surface area contributed by atoms with Gasteiger partial charge in [-0.1, -0.05) is 32.3 Å². The first-order valence-electron chi connectivity index (χ1n) is 9.91. The molecule has 0 fully saturated rings. The van der Waals surface area contributed by atoms with Gasteiger partial charge in [-0.3, -0.25) is 20.4 Å². The Balaban J connectivity index is 1.50. The third kappa shape index (κ3) is 5.63. The van der Waals surface area contributed by atoms with E-state index in [2.05, 4.69) is 17.8 Å². The fourth-order valence-electron chi connectivity index (χ4n) is 2.93. The van der Waals surface area contributed by atoms with E-state index in [9.17, 15) is 9.59 Å². The molecule has 1 aliphatic rings. The molecule has 2 aromatic rings. The van der Waals surface area contributed by atoms with E-state index >= 15 is 0 Å². The second kappa shape index (κ2) is 10.4. The molecule has 0 aliphatic carbocycles. The van der Waals surface area contributed by atoms with Crippen molar-refractivity contribution in [2.45, 2.75) is 32.6 Å². The van der Waals surface area contributed by atoms with Crippen LogP contribution in [0.1, 0.15) is 53.3 Å². The summed E-state index contributed by atoms with van der Waals surface area (Å²) < 4.78 is 16.7. The standard InChI is InChI=1S/C22H26N2O5/c1-2-3-4-5-13-27-17-11-9-16(10-12-17)21(25)23-24-22(26)18-7-6-8-19-20(18)29-15-14-28-19/h6-12H,2-5,13-15H2,1H3,(H,23,25)(H,24,26). The van der Waals surface area contributed by atoms with E-state index in [1.165, 1.54) is 12.8 Å². The molecule has 2 amide bonds. The van der Waals surface area contributed by atoms with Crippen LogP contribution in [0.2, 0.25) is 0 Å². The third-order valence-corrected chi connectivity index (χ3v) is 4.48. The number of ether oxygens (including phenoxy) is 3. The molecule has 29 heavy (non-hydrogen) atoms. The number of fused-ring (bicyclic) bond motifs is 1. The van der Waals surface area contributed by atoms with Crippen molar-refractivity contribution in [3.05, 3.63) is 53.6 Å². The van der Waals surface area contributed by atoms with Crippen molar-refractivity contribution in [3.63, 3.8) is 0 Å². The summed E-state index contributed by atoms with van der Waals surface area (Å²) in [4.78, 5) is 24.7. The zero-order valence-corrected chi connectivity index (χ0v) is 16.5. The van der Waals surface area contributed by atoms with Crippen molar-refractivity contribution in [1.29, 1.82) is 0 Å². The van der Waals surface area contributed by atoms with Crippen LogP contribution in [0.15, 0.2) is 42.5 Å². The Hall–Kier alpha value is -3.22. The summed E-state index contributed by atoms with van der Waals surface area (Å²) in [5.74, 6) is 0.712. The van der Waals surface area contributed by atoms with Gasteiger partial charge in [0.1, 0.15) is 19.0 Å². The molecule has 1 aliphatic heterocycles. The maximum atomic E-state index is 12.4. The molecule has 2 aromatic carbocycles. The van der Waals surface area contributed by atoms with E-state index in [1.807, 2.05) is 0 Å². The van der Waals surface area contributed by atoms with Gasteiger partial charge in [0.05, 0.1) is 12.2 Å². The molecule has 3 rings (SSSR count). The van der Waals surface area contributed by atoms with Gasteiger partial charge in [0, 0.05) is 5.56 Å². The number of hydrogen-bond donors (Lipinski definition) is 2. The van der Waals surface area contributed by atoms with Crippen molar-refractivity contribution in [3.8, 4) is 17.2 Å². The lowest BCUT2D eigenvalue weighted by Gasteiger charge is -2.20. The zero-order chi connectivity index (χ0) is 20.5. The minimum absolute atomic E-state index is 0.300. The van der Waals surface area contributed by atoms with Crippen LogP contribution in [-0.2, 0) is 0 Å². The largest absolute Gasteiger partial charge is 0.494 e. The second-order valence-corrected chi connectivity index (χ2v) is 6.67. The van der Waals surface area contributed by atoms with Gasteiger partial charge in [-0.2, -0.15) is 0 Å². The number of carbonyl (C=O) groups is 2. The lowest BCUT2D eigenvalue weighted by molar-refractivity contribution is 0.0841. The first-order valence-corrected chi connectivity index (χ1v) is 9.91. The maximum absolute atomic E-state index is 12.4. The first kappa shape index (κ1) is 20.5. The Morgan fingerprint density at radius 2 is 1.69 bits per heavy atom. The van der Waals surface area contributed by atoms with Crippen LogP contribution in [0.5, 0.6) is 17.2 Å². The van der Waals surface area contributed by atoms with E-state index in [-0.39, 0.29) is 0 Å². The summed E-state index contributed by atoms with van der Waals surface area (Å²) in [5.41, 5.74) is 5.54. The molecule has 0 spiro atoms. The Labute approximate surface area is 170 Å². The van der Waals surface area contributed by atoms with Gasteiger partial charge in [-0.15, -0.1) is 0 Å². The van der Waals surface area contributed by atoms with Crippen LogP contribution in [-0.4, -0.2) is 31.6 Å². The van der Waals surface area contributed by atoms with Gasteiger partial charge in [0.25, 0.3) is 11.8 Å². The lowest BCUT2D eigenvalue weighted by atomic mass is 10.1. The van der Waals surface area contributed by atoms with E-state index in [4.69, 9.17) is 14.2 Å². The van der Waals surface area contributed by atoms with E-state index in [0.29, 0.717) is 42.4 Å². The number of benzene rings is 2. The van der Waals surface area contributed by atoms with E-state index < -0.39 is 11.8 Å². The van der Waals surface area contributed by atoms with Crippen molar-refractivity contribution < 1.29 is 23.8 Å². The van der Waals surface area contributed by atoms with Gasteiger partial charge in [0.15, 0.2) is 11.5 Å². The molecule has 0 saturated carbocycles. The number of unbranched alkanes of at least 4 members (excludes halogenated alkanes) is 3. The number of para-hydroxylation sites is 1. The van der Waals surface area contributed by atoms with Crippen LogP contribution < -0.4 is 25.1 Å². The Morgan fingerprint density at radius 1 is 0.931 bits per heavy atom. The Kier molecular flexibility index (Phi) is 7.33. The second-order valence-electron chi connectivity index (χ2n) is 6.67. The van der Waals surface area contributed by atoms with Crippen LogP contribution in [0, 0.1) is 0 Å². The van der Waals surface area contributed by atoms with Crippen LogP contribution in [0.4, 0.5) is 0 Å². The highest BCUT2D eigenvalue weighted by Gasteiger charge is 2.20. The average molecular weight is 398 g/mol. The molecule has 154 valence electrons. The van der Waals surface area contributed by atoms with Gasteiger partial charge < -0.3 is 14.2 Å². The summed E-state index contributed by atoms with van der Waals surface area (Å²) in [6.07, 6.45) is 4.56. The summed E-state index contributed by atoms with van der Waals surface area (Å²) in [6, 6.07) is 11.9. The lowest BCUT2D eigenvalue weighted by Crippen LogP contribution is -2.41. The fourth-order valence-corrected chi connectivity index (χ4v) is 2.93. The summed E-state index contributed by atoms with van der Waals surface area (Å²) in [5, 5.41) is 0.